The van der Waals surface area contributed by atoms with Crippen molar-refractivity contribution in [3.8, 4) is 0 Å². The van der Waals surface area contributed by atoms with Crippen LogP contribution in [-0.2, 0) is 9.53 Å². The first-order valence-corrected chi connectivity index (χ1v) is 7.02. The lowest BCUT2D eigenvalue weighted by atomic mass is 10.2. The van der Waals surface area contributed by atoms with Crippen LogP contribution in [0.25, 0.3) is 0 Å². The summed E-state index contributed by atoms with van der Waals surface area (Å²) < 4.78 is 7.31. The zero-order valence-electron chi connectivity index (χ0n) is 11.0. The number of hydrogen-bond acceptors (Lipinski definition) is 3. The van der Waals surface area contributed by atoms with E-state index >= 15 is 0 Å². The monoisotopic (exact) mass is 261 g/mol. The van der Waals surface area contributed by atoms with Gasteiger partial charge in [-0.15, -0.1) is 0 Å². The molecular formula is C14H19N3O2. The van der Waals surface area contributed by atoms with Crippen LogP contribution in [0.1, 0.15) is 44.6 Å². The van der Waals surface area contributed by atoms with Crippen LogP contribution >= 0.6 is 0 Å². The second kappa shape index (κ2) is 5.47. The van der Waals surface area contributed by atoms with E-state index in [9.17, 15) is 4.79 Å². The normalized spacial score (nSPS) is 19.9. The van der Waals surface area contributed by atoms with E-state index in [4.69, 9.17) is 4.74 Å². The minimum Gasteiger partial charge on any atom is -0.488 e. The number of rotatable bonds is 3. The Balaban J connectivity index is 1.71. The highest BCUT2D eigenvalue weighted by Gasteiger charge is 2.22. The van der Waals surface area contributed by atoms with Crippen molar-refractivity contribution in [2.75, 3.05) is 11.9 Å². The minimum absolute atomic E-state index is 0.167. The van der Waals surface area contributed by atoms with Gasteiger partial charge in [0.1, 0.15) is 5.82 Å². The largest absolute Gasteiger partial charge is 0.488 e. The molecule has 1 aromatic rings. The molecule has 0 spiro atoms. The molecule has 1 aromatic heterocycles. The Kier molecular flexibility index (Phi) is 3.53. The second-order valence-electron chi connectivity index (χ2n) is 5.11. The van der Waals surface area contributed by atoms with E-state index in [1.54, 1.807) is 6.20 Å². The minimum atomic E-state index is -0.167. The Morgan fingerprint density at radius 1 is 1.37 bits per heavy atom. The third-order valence-corrected chi connectivity index (χ3v) is 3.74. The van der Waals surface area contributed by atoms with E-state index in [0.29, 0.717) is 18.4 Å². The molecular weight excluding hydrogens is 242 g/mol. The van der Waals surface area contributed by atoms with Gasteiger partial charge >= 0.3 is 0 Å². The summed E-state index contributed by atoms with van der Waals surface area (Å²) in [5.41, 5.74) is 0. The summed E-state index contributed by atoms with van der Waals surface area (Å²) in [4.78, 5) is 12.1. The zero-order chi connectivity index (χ0) is 13.1. The van der Waals surface area contributed by atoms with Crippen molar-refractivity contribution in [2.45, 2.75) is 44.6 Å². The van der Waals surface area contributed by atoms with E-state index in [1.165, 1.54) is 12.8 Å². The standard InChI is InChI=1S/C14H19N3O2/c18-14(12-7-3-4-10-19-12)16-13-8-9-15-17(13)11-5-1-2-6-11/h7-9,11H,1-6,10H2,(H,16,18). The number of aromatic nitrogens is 2. The maximum atomic E-state index is 12.1. The molecule has 1 N–H and O–H groups in total. The predicted octanol–water partition coefficient (Wildman–Crippen LogP) is 2.63. The number of hydrogen-bond donors (Lipinski definition) is 1. The number of nitrogens with one attached hydrogen (secondary N) is 1. The Hall–Kier alpha value is -1.78. The Labute approximate surface area is 112 Å². The van der Waals surface area contributed by atoms with Gasteiger partial charge in [-0.05, 0) is 31.8 Å². The second-order valence-corrected chi connectivity index (χ2v) is 5.11. The average molecular weight is 261 g/mol. The van der Waals surface area contributed by atoms with Crippen LogP contribution < -0.4 is 5.32 Å². The fraction of sp³-hybridized carbons (Fsp3) is 0.571. The molecule has 1 amide bonds. The number of ether oxygens (including phenoxy) is 1. The summed E-state index contributed by atoms with van der Waals surface area (Å²) in [6.07, 6.45) is 10.3. The molecule has 19 heavy (non-hydrogen) atoms. The molecule has 0 unspecified atom stereocenters. The molecule has 0 atom stereocenters. The van der Waals surface area contributed by atoms with Crippen LogP contribution in [0.15, 0.2) is 24.1 Å². The van der Waals surface area contributed by atoms with Crippen LogP contribution in [0.4, 0.5) is 5.82 Å². The number of carbonyl (C=O) groups is 1. The highest BCUT2D eigenvalue weighted by Crippen LogP contribution is 2.31. The fourth-order valence-electron chi connectivity index (χ4n) is 2.75. The van der Waals surface area contributed by atoms with Crippen molar-refractivity contribution in [3.63, 3.8) is 0 Å². The summed E-state index contributed by atoms with van der Waals surface area (Å²) in [5.74, 6) is 1.04. The molecule has 102 valence electrons. The summed E-state index contributed by atoms with van der Waals surface area (Å²) in [6, 6.07) is 2.27. The van der Waals surface area contributed by atoms with Crippen molar-refractivity contribution in [1.29, 1.82) is 0 Å². The molecule has 0 radical (unpaired) electrons. The molecule has 0 saturated heterocycles. The lowest BCUT2D eigenvalue weighted by Crippen LogP contribution is -2.21. The van der Waals surface area contributed by atoms with Crippen molar-refractivity contribution < 1.29 is 9.53 Å². The molecule has 5 heteroatoms. The van der Waals surface area contributed by atoms with Crippen LogP contribution in [-0.4, -0.2) is 22.3 Å². The fourth-order valence-corrected chi connectivity index (χ4v) is 2.75. The average Bonchev–Trinajstić information content (AvgIpc) is 3.10. The van der Waals surface area contributed by atoms with Gasteiger partial charge in [-0.3, -0.25) is 4.79 Å². The van der Waals surface area contributed by atoms with E-state index in [1.807, 2.05) is 16.8 Å². The van der Waals surface area contributed by atoms with Crippen LogP contribution in [0.2, 0.25) is 0 Å². The maximum absolute atomic E-state index is 12.1. The highest BCUT2D eigenvalue weighted by molar-refractivity contribution is 6.01. The number of carbonyl (C=O) groups excluding carboxylic acids is 1. The molecule has 2 heterocycles. The molecule has 0 aromatic carbocycles. The summed E-state index contributed by atoms with van der Waals surface area (Å²) in [5, 5.41) is 7.24. The van der Waals surface area contributed by atoms with Gasteiger partial charge in [-0.2, -0.15) is 5.10 Å². The number of nitrogens with zero attached hydrogens (tertiary/aromatic N) is 2. The number of amides is 1. The van der Waals surface area contributed by atoms with Crippen molar-refractivity contribution in [3.05, 3.63) is 24.1 Å². The maximum Gasteiger partial charge on any atom is 0.291 e. The first-order chi connectivity index (χ1) is 9.34. The summed E-state index contributed by atoms with van der Waals surface area (Å²) in [6.45, 7) is 0.626. The van der Waals surface area contributed by atoms with Gasteiger partial charge in [0.2, 0.25) is 0 Å². The first-order valence-electron chi connectivity index (χ1n) is 7.02. The third kappa shape index (κ3) is 2.64. The SMILES string of the molecule is O=C(Nc1ccnn1C1CCCC1)C1=CCCCO1. The molecule has 0 bridgehead atoms. The number of anilines is 1. The van der Waals surface area contributed by atoms with Gasteiger partial charge in [-0.1, -0.05) is 12.8 Å². The van der Waals surface area contributed by atoms with Crippen molar-refractivity contribution >= 4 is 11.7 Å². The predicted molar refractivity (Wildman–Crippen MR) is 71.6 cm³/mol. The van der Waals surface area contributed by atoms with Gasteiger partial charge < -0.3 is 10.1 Å². The molecule has 3 rings (SSSR count). The molecule has 5 nitrogen and oxygen atoms in total. The molecule has 1 fully saturated rings. The Bertz CT molecular complexity index is 487. The number of allylic oxidation sites excluding steroid dienone is 1. The topological polar surface area (TPSA) is 56.2 Å². The van der Waals surface area contributed by atoms with E-state index in [-0.39, 0.29) is 5.91 Å². The van der Waals surface area contributed by atoms with Gasteiger partial charge in [0.15, 0.2) is 5.76 Å². The Morgan fingerprint density at radius 3 is 2.95 bits per heavy atom. The van der Waals surface area contributed by atoms with Gasteiger partial charge in [0, 0.05) is 6.07 Å². The lowest BCUT2D eigenvalue weighted by molar-refractivity contribution is -0.116. The quantitative estimate of drug-likeness (QED) is 0.910. The van der Waals surface area contributed by atoms with Gasteiger partial charge in [0.25, 0.3) is 5.91 Å². The molecule has 1 aliphatic heterocycles. The van der Waals surface area contributed by atoms with Crippen LogP contribution in [0, 0.1) is 0 Å². The van der Waals surface area contributed by atoms with Crippen molar-refractivity contribution in [1.82, 2.24) is 9.78 Å². The van der Waals surface area contributed by atoms with Crippen LogP contribution in [0.3, 0.4) is 0 Å². The van der Waals surface area contributed by atoms with E-state index < -0.39 is 0 Å². The summed E-state index contributed by atoms with van der Waals surface area (Å²) in [7, 11) is 0. The third-order valence-electron chi connectivity index (χ3n) is 3.74. The van der Waals surface area contributed by atoms with Gasteiger partial charge in [-0.25, -0.2) is 4.68 Å². The smallest absolute Gasteiger partial charge is 0.291 e. The highest BCUT2D eigenvalue weighted by atomic mass is 16.5. The van der Waals surface area contributed by atoms with E-state index in [0.717, 1.165) is 31.5 Å². The van der Waals surface area contributed by atoms with Gasteiger partial charge in [0.05, 0.1) is 18.8 Å². The molecule has 2 aliphatic rings. The molecule has 1 aliphatic carbocycles. The van der Waals surface area contributed by atoms with E-state index in [2.05, 4.69) is 10.4 Å². The van der Waals surface area contributed by atoms with Crippen molar-refractivity contribution in [2.24, 2.45) is 0 Å². The molecule has 1 saturated carbocycles. The first kappa shape index (κ1) is 12.3. The lowest BCUT2D eigenvalue weighted by Gasteiger charge is -2.17. The Morgan fingerprint density at radius 2 is 2.21 bits per heavy atom. The zero-order valence-corrected chi connectivity index (χ0v) is 11.0. The summed E-state index contributed by atoms with van der Waals surface area (Å²) >= 11 is 0. The van der Waals surface area contributed by atoms with Crippen LogP contribution in [0.5, 0.6) is 0 Å².